The van der Waals surface area contributed by atoms with Crippen LogP contribution in [0.2, 0.25) is 0 Å². The number of rotatable bonds is 1. The van der Waals surface area contributed by atoms with Crippen molar-refractivity contribution in [1.82, 2.24) is 0 Å². The first kappa shape index (κ1) is 12.2. The van der Waals surface area contributed by atoms with Crippen molar-refractivity contribution >= 4 is 16.7 Å². The number of carboxylic acids is 1. The summed E-state index contributed by atoms with van der Waals surface area (Å²) in [4.78, 5) is 9.50. The normalized spacial score (nSPS) is 8.29. The van der Waals surface area contributed by atoms with Crippen molar-refractivity contribution in [2.75, 3.05) is 0 Å². The van der Waals surface area contributed by atoms with Gasteiger partial charge in [0.2, 0.25) is 0 Å². The molecular formula is C9H8O4S. The first-order valence-corrected chi connectivity index (χ1v) is 4.64. The molecule has 0 aliphatic heterocycles. The van der Waals surface area contributed by atoms with Gasteiger partial charge >= 0.3 is 5.97 Å². The van der Waals surface area contributed by atoms with Crippen LogP contribution in [0.1, 0.15) is 0 Å². The van der Waals surface area contributed by atoms with E-state index in [2.05, 4.69) is 6.42 Å². The van der Waals surface area contributed by atoms with E-state index >= 15 is 0 Å². The molecule has 74 valence electrons. The zero-order chi connectivity index (χ0) is 11.0. The average molecular weight is 212 g/mol. The zero-order valence-corrected chi connectivity index (χ0v) is 7.98. The molecule has 0 unspecified atom stereocenters. The van der Waals surface area contributed by atoms with Crippen LogP contribution in [0.4, 0.5) is 0 Å². The third-order valence-electron chi connectivity index (χ3n) is 1.09. The van der Waals surface area contributed by atoms with Crippen LogP contribution < -0.4 is 0 Å². The molecule has 0 radical (unpaired) electrons. The van der Waals surface area contributed by atoms with Crippen molar-refractivity contribution < 1.29 is 18.3 Å². The second-order valence-electron chi connectivity index (χ2n) is 2.04. The molecule has 0 fully saturated rings. The molecule has 14 heavy (non-hydrogen) atoms. The van der Waals surface area contributed by atoms with Crippen molar-refractivity contribution in [1.29, 1.82) is 0 Å². The Kier molecular flexibility index (Phi) is 5.83. The molecule has 0 aromatic heterocycles. The van der Waals surface area contributed by atoms with E-state index in [9.17, 15) is 8.42 Å². The number of benzene rings is 1. The first-order valence-electron chi connectivity index (χ1n) is 3.47. The number of carbonyl (C=O) groups is 1. The summed E-state index contributed by atoms with van der Waals surface area (Å²) in [6.45, 7) is 0. The van der Waals surface area contributed by atoms with Gasteiger partial charge in [-0.25, -0.2) is 13.2 Å². The first-order chi connectivity index (χ1) is 6.57. The van der Waals surface area contributed by atoms with Crippen LogP contribution in [-0.4, -0.2) is 19.5 Å². The Balaban J connectivity index is 0.000000292. The van der Waals surface area contributed by atoms with Crippen molar-refractivity contribution in [3.63, 3.8) is 0 Å². The molecule has 0 aliphatic rings. The lowest BCUT2D eigenvalue weighted by Crippen LogP contribution is -1.83. The Morgan fingerprint density at radius 1 is 1.29 bits per heavy atom. The van der Waals surface area contributed by atoms with E-state index in [4.69, 9.17) is 9.90 Å². The van der Waals surface area contributed by atoms with Crippen LogP contribution in [0.5, 0.6) is 0 Å². The SMILES string of the molecule is C#CC(=O)O.O=[SH](=O)c1ccccc1. The van der Waals surface area contributed by atoms with Crippen LogP contribution in [-0.2, 0) is 15.5 Å². The lowest BCUT2D eigenvalue weighted by atomic mass is 10.4. The minimum absolute atomic E-state index is 0.368. The topological polar surface area (TPSA) is 71.4 Å². The van der Waals surface area contributed by atoms with Crippen LogP contribution in [0.15, 0.2) is 35.2 Å². The molecule has 0 aliphatic carbocycles. The summed E-state index contributed by atoms with van der Waals surface area (Å²) in [6, 6.07) is 8.29. The van der Waals surface area contributed by atoms with E-state index in [1.54, 1.807) is 30.3 Å². The number of carboxylic acid groups (broad SMARTS) is 1. The van der Waals surface area contributed by atoms with E-state index in [0.717, 1.165) is 0 Å². The third kappa shape index (κ3) is 5.80. The molecule has 4 nitrogen and oxygen atoms in total. The number of aliphatic carboxylic acids is 1. The van der Waals surface area contributed by atoms with Gasteiger partial charge in [0.15, 0.2) is 10.7 Å². The Hall–Kier alpha value is -1.80. The molecule has 5 heteroatoms. The number of hydrogen-bond acceptors (Lipinski definition) is 3. The van der Waals surface area contributed by atoms with Gasteiger partial charge in [0.25, 0.3) is 0 Å². The quantitative estimate of drug-likeness (QED) is 0.521. The van der Waals surface area contributed by atoms with Crippen LogP contribution >= 0.6 is 0 Å². The van der Waals surface area contributed by atoms with E-state index < -0.39 is 16.7 Å². The largest absolute Gasteiger partial charge is 0.472 e. The molecule has 1 N–H and O–H groups in total. The maximum atomic E-state index is 10.2. The maximum absolute atomic E-state index is 10.2. The van der Waals surface area contributed by atoms with Gasteiger partial charge in [-0.15, -0.1) is 6.42 Å². The molecular weight excluding hydrogens is 204 g/mol. The third-order valence-corrected chi connectivity index (χ3v) is 1.81. The van der Waals surface area contributed by atoms with E-state index in [-0.39, 0.29) is 0 Å². The van der Waals surface area contributed by atoms with Gasteiger partial charge in [-0.1, -0.05) is 18.2 Å². The molecule has 0 amide bonds. The van der Waals surface area contributed by atoms with Crippen molar-refractivity contribution in [2.45, 2.75) is 4.90 Å². The molecule has 0 saturated heterocycles. The number of terminal acetylenes is 1. The smallest absolute Gasteiger partial charge is 0.381 e. The Labute approximate surface area is 83.1 Å². The minimum atomic E-state index is -2.40. The second-order valence-corrected chi connectivity index (χ2v) is 3.07. The summed E-state index contributed by atoms with van der Waals surface area (Å²) in [6.07, 6.45) is 4.32. The van der Waals surface area contributed by atoms with Crippen LogP contribution in [0.25, 0.3) is 0 Å². The Bertz CT molecular complexity index is 393. The Morgan fingerprint density at radius 3 is 1.93 bits per heavy atom. The Morgan fingerprint density at radius 2 is 1.71 bits per heavy atom. The van der Waals surface area contributed by atoms with Gasteiger partial charge < -0.3 is 5.11 Å². The summed E-state index contributed by atoms with van der Waals surface area (Å²) in [7, 11) is -2.40. The van der Waals surface area contributed by atoms with Gasteiger partial charge in [-0.2, -0.15) is 0 Å². The van der Waals surface area contributed by atoms with Gasteiger partial charge in [0, 0.05) is 5.92 Å². The van der Waals surface area contributed by atoms with Crippen LogP contribution in [0, 0.1) is 12.3 Å². The summed E-state index contributed by atoms with van der Waals surface area (Å²) in [5.41, 5.74) is 0. The van der Waals surface area contributed by atoms with Gasteiger partial charge in [0.1, 0.15) is 0 Å². The highest BCUT2D eigenvalue weighted by Gasteiger charge is 1.87. The molecule has 1 aromatic carbocycles. The molecule has 1 aromatic rings. The zero-order valence-electron chi connectivity index (χ0n) is 7.08. The predicted octanol–water partition coefficient (Wildman–Crippen LogP) is 0.361. The molecule has 0 bridgehead atoms. The lowest BCUT2D eigenvalue weighted by molar-refractivity contribution is -0.130. The maximum Gasteiger partial charge on any atom is 0.381 e. The van der Waals surface area contributed by atoms with E-state index in [1.165, 1.54) is 5.92 Å². The minimum Gasteiger partial charge on any atom is -0.472 e. The second kappa shape index (κ2) is 6.69. The molecule has 1 rings (SSSR count). The molecule has 0 atom stereocenters. The average Bonchev–Trinajstić information content (AvgIpc) is 2.20. The molecule has 0 spiro atoms. The van der Waals surface area contributed by atoms with Gasteiger partial charge in [-0.3, -0.25) is 0 Å². The highest BCUT2D eigenvalue weighted by atomic mass is 32.2. The predicted molar refractivity (Wildman–Crippen MR) is 51.5 cm³/mol. The fourth-order valence-electron chi connectivity index (χ4n) is 0.550. The van der Waals surface area contributed by atoms with E-state index in [0.29, 0.717) is 4.90 Å². The molecule has 0 heterocycles. The number of thiol groups is 1. The van der Waals surface area contributed by atoms with Gasteiger partial charge in [-0.05, 0) is 12.1 Å². The summed E-state index contributed by atoms with van der Waals surface area (Å²) in [5.74, 6) is 0.227. The van der Waals surface area contributed by atoms with Gasteiger partial charge in [0.05, 0.1) is 4.90 Å². The molecule has 0 saturated carbocycles. The summed E-state index contributed by atoms with van der Waals surface area (Å²) < 4.78 is 20.5. The van der Waals surface area contributed by atoms with Crippen molar-refractivity contribution in [3.05, 3.63) is 30.3 Å². The van der Waals surface area contributed by atoms with E-state index in [1.807, 2.05) is 0 Å². The fraction of sp³-hybridized carbons (Fsp3) is 0. The fourth-order valence-corrected chi connectivity index (χ4v) is 0.965. The summed E-state index contributed by atoms with van der Waals surface area (Å²) in [5, 5.41) is 7.49. The monoisotopic (exact) mass is 212 g/mol. The van der Waals surface area contributed by atoms with Crippen LogP contribution in [0.3, 0.4) is 0 Å². The highest BCUT2D eigenvalue weighted by molar-refractivity contribution is 7.72. The number of hydrogen-bond donors (Lipinski definition) is 2. The standard InChI is InChI=1S/C6H6O2S.C3H2O2/c7-9(8)6-4-2-1-3-5-6;1-2-3(4)5/h1-5,9H;1H,(H,4,5). The van der Waals surface area contributed by atoms with Crippen molar-refractivity contribution in [3.8, 4) is 12.3 Å². The highest BCUT2D eigenvalue weighted by Crippen LogP contribution is 1.97. The summed E-state index contributed by atoms with van der Waals surface area (Å²) >= 11 is 0. The van der Waals surface area contributed by atoms with Crippen molar-refractivity contribution in [2.24, 2.45) is 0 Å². The lowest BCUT2D eigenvalue weighted by Gasteiger charge is -1.83.